The van der Waals surface area contributed by atoms with Crippen LogP contribution in [0.2, 0.25) is 0 Å². The van der Waals surface area contributed by atoms with E-state index >= 15 is 0 Å². The Kier molecular flexibility index (Phi) is 9.33. The average molecular weight is 500 g/mol. The molecule has 1 aliphatic rings. The smallest absolute Gasteiger partial charge is 0.191 e. The monoisotopic (exact) mass is 500 g/mol. The number of aryl methyl sites for hydroxylation is 1. The molecule has 7 heteroatoms. The summed E-state index contributed by atoms with van der Waals surface area (Å²) in [5, 5.41) is 7.73. The quantitative estimate of drug-likeness (QED) is 0.338. The maximum absolute atomic E-state index is 6.02. The molecule has 1 saturated carbocycles. The molecule has 1 aromatic heterocycles. The average Bonchev–Trinajstić information content (AvgIpc) is 3.31. The van der Waals surface area contributed by atoms with E-state index in [1.165, 1.54) is 36.1 Å². The number of aliphatic imine (C=N–C) groups is 1. The van der Waals surface area contributed by atoms with Crippen LogP contribution in [0.3, 0.4) is 0 Å². The maximum atomic E-state index is 6.02. The summed E-state index contributed by atoms with van der Waals surface area (Å²) in [6, 6.07) is 8.48. The van der Waals surface area contributed by atoms with Gasteiger partial charge in [0.2, 0.25) is 0 Å². The van der Waals surface area contributed by atoms with Crippen molar-refractivity contribution in [3.8, 4) is 5.75 Å². The molecule has 27 heavy (non-hydrogen) atoms. The molecule has 1 aliphatic carbocycles. The molecule has 148 valence electrons. The van der Waals surface area contributed by atoms with Gasteiger partial charge in [0.25, 0.3) is 0 Å². The molecule has 5 nitrogen and oxygen atoms in total. The largest absolute Gasteiger partial charge is 0.490 e. The Balaban J connectivity index is 0.00000261. The fourth-order valence-corrected chi connectivity index (χ4v) is 3.85. The Morgan fingerprint density at radius 1 is 1.22 bits per heavy atom. The van der Waals surface area contributed by atoms with E-state index in [9.17, 15) is 0 Å². The van der Waals surface area contributed by atoms with Crippen molar-refractivity contribution >= 4 is 41.3 Å². The number of halogens is 1. The van der Waals surface area contributed by atoms with Crippen LogP contribution in [-0.4, -0.2) is 30.6 Å². The third-order valence-corrected chi connectivity index (χ3v) is 5.45. The van der Waals surface area contributed by atoms with Gasteiger partial charge in [-0.15, -0.1) is 35.3 Å². The Morgan fingerprint density at radius 2 is 1.96 bits per heavy atom. The van der Waals surface area contributed by atoms with Gasteiger partial charge < -0.3 is 15.4 Å². The van der Waals surface area contributed by atoms with Crippen LogP contribution in [0.4, 0.5) is 0 Å². The number of nitrogens with zero attached hydrogens (tertiary/aromatic N) is 2. The number of benzene rings is 1. The van der Waals surface area contributed by atoms with Crippen molar-refractivity contribution in [1.29, 1.82) is 0 Å². The number of rotatable bonds is 7. The van der Waals surface area contributed by atoms with Crippen molar-refractivity contribution < 1.29 is 4.74 Å². The molecule has 0 saturated heterocycles. The van der Waals surface area contributed by atoms with Crippen LogP contribution in [0.1, 0.15) is 41.1 Å². The van der Waals surface area contributed by atoms with Gasteiger partial charge in [0.15, 0.2) is 5.96 Å². The summed E-state index contributed by atoms with van der Waals surface area (Å²) < 4.78 is 6.02. The Bertz CT molecular complexity index is 711. The molecule has 0 unspecified atom stereocenters. The van der Waals surface area contributed by atoms with Crippen LogP contribution >= 0.6 is 35.3 Å². The van der Waals surface area contributed by atoms with Gasteiger partial charge in [0.1, 0.15) is 10.8 Å². The molecule has 0 radical (unpaired) electrons. The molecule has 0 atom stereocenters. The first-order chi connectivity index (χ1) is 12.7. The van der Waals surface area contributed by atoms with Crippen molar-refractivity contribution in [3.05, 3.63) is 45.9 Å². The Labute approximate surface area is 183 Å². The molecule has 0 aliphatic heterocycles. The van der Waals surface area contributed by atoms with Gasteiger partial charge in [-0.2, -0.15) is 0 Å². The van der Waals surface area contributed by atoms with E-state index in [-0.39, 0.29) is 24.0 Å². The van der Waals surface area contributed by atoms with E-state index in [0.717, 1.165) is 29.7 Å². The second-order valence-electron chi connectivity index (χ2n) is 6.64. The molecule has 0 spiro atoms. The van der Waals surface area contributed by atoms with Crippen LogP contribution in [0.15, 0.2) is 35.5 Å². The first kappa shape index (κ1) is 21.9. The molecule has 1 fully saturated rings. The molecule has 2 N–H and O–H groups in total. The standard InChI is InChI=1S/C20H28N4OS.HI/c1-15-13-23-19(26-15)14-24-20(21-2)22-12-11-16-7-9-18(10-8-16)25-17-5-3-4-6-17;/h7-10,13,17H,3-6,11-12,14H2,1-2H3,(H2,21,22,24);1H. The summed E-state index contributed by atoms with van der Waals surface area (Å²) in [6.45, 7) is 3.60. The first-order valence-corrected chi connectivity index (χ1v) is 10.2. The van der Waals surface area contributed by atoms with Crippen LogP contribution in [0.25, 0.3) is 0 Å². The predicted octanol–water partition coefficient (Wildman–Crippen LogP) is 4.30. The first-order valence-electron chi connectivity index (χ1n) is 9.34. The van der Waals surface area contributed by atoms with Crippen LogP contribution in [0, 0.1) is 6.92 Å². The number of hydrogen-bond acceptors (Lipinski definition) is 4. The number of thiazole rings is 1. The van der Waals surface area contributed by atoms with Crippen LogP contribution in [-0.2, 0) is 13.0 Å². The fourth-order valence-electron chi connectivity index (χ4n) is 3.12. The van der Waals surface area contributed by atoms with E-state index in [4.69, 9.17) is 4.74 Å². The zero-order chi connectivity index (χ0) is 18.2. The summed E-state index contributed by atoms with van der Waals surface area (Å²) in [4.78, 5) is 9.85. The Morgan fingerprint density at radius 3 is 2.59 bits per heavy atom. The summed E-state index contributed by atoms with van der Waals surface area (Å²) in [7, 11) is 1.79. The highest BCUT2D eigenvalue weighted by Crippen LogP contribution is 2.24. The molecule has 3 rings (SSSR count). The Hall–Kier alpha value is -1.35. The van der Waals surface area contributed by atoms with Gasteiger partial charge in [0, 0.05) is 24.7 Å². The highest BCUT2D eigenvalue weighted by molar-refractivity contribution is 14.0. The van der Waals surface area contributed by atoms with Crippen molar-refractivity contribution in [2.24, 2.45) is 4.99 Å². The van der Waals surface area contributed by atoms with Gasteiger partial charge in [-0.1, -0.05) is 12.1 Å². The van der Waals surface area contributed by atoms with Gasteiger partial charge >= 0.3 is 0 Å². The lowest BCUT2D eigenvalue weighted by Crippen LogP contribution is -2.37. The number of guanidine groups is 1. The van der Waals surface area contributed by atoms with Crippen LogP contribution in [0.5, 0.6) is 5.75 Å². The van der Waals surface area contributed by atoms with Crippen molar-refractivity contribution in [3.63, 3.8) is 0 Å². The summed E-state index contributed by atoms with van der Waals surface area (Å²) >= 11 is 1.71. The summed E-state index contributed by atoms with van der Waals surface area (Å²) in [6.07, 6.45) is 8.24. The van der Waals surface area contributed by atoms with Gasteiger partial charge in [-0.25, -0.2) is 4.98 Å². The number of hydrogen-bond donors (Lipinski definition) is 2. The van der Waals surface area contributed by atoms with Crippen molar-refractivity contribution in [2.75, 3.05) is 13.6 Å². The van der Waals surface area contributed by atoms with E-state index in [0.29, 0.717) is 12.6 Å². The summed E-state index contributed by atoms with van der Waals surface area (Å²) in [5.74, 6) is 1.80. The minimum atomic E-state index is 0. The van der Waals surface area contributed by atoms with Crippen molar-refractivity contribution in [1.82, 2.24) is 15.6 Å². The van der Waals surface area contributed by atoms with Gasteiger partial charge in [-0.3, -0.25) is 4.99 Å². The zero-order valence-electron chi connectivity index (χ0n) is 16.0. The lowest BCUT2D eigenvalue weighted by atomic mass is 10.1. The third-order valence-electron chi connectivity index (χ3n) is 4.53. The number of aromatic nitrogens is 1. The van der Waals surface area contributed by atoms with E-state index in [2.05, 4.69) is 51.8 Å². The number of nitrogens with one attached hydrogen (secondary N) is 2. The maximum Gasteiger partial charge on any atom is 0.191 e. The molecule has 2 aromatic rings. The lowest BCUT2D eigenvalue weighted by molar-refractivity contribution is 0.210. The van der Waals surface area contributed by atoms with E-state index in [1.54, 1.807) is 18.4 Å². The van der Waals surface area contributed by atoms with E-state index in [1.807, 2.05) is 6.20 Å². The normalized spacial score (nSPS) is 14.7. The molecule has 1 aromatic carbocycles. The SMILES string of the molecule is CN=C(NCCc1ccc(OC2CCCC2)cc1)NCc1ncc(C)s1.I. The lowest BCUT2D eigenvalue weighted by Gasteiger charge is -2.14. The predicted molar refractivity (Wildman–Crippen MR) is 123 cm³/mol. The molecule has 0 bridgehead atoms. The topological polar surface area (TPSA) is 58.5 Å². The molecular weight excluding hydrogens is 471 g/mol. The molecule has 0 amide bonds. The van der Waals surface area contributed by atoms with Crippen LogP contribution < -0.4 is 15.4 Å². The summed E-state index contributed by atoms with van der Waals surface area (Å²) in [5.41, 5.74) is 1.29. The highest BCUT2D eigenvalue weighted by atomic mass is 127. The second kappa shape index (κ2) is 11.5. The van der Waals surface area contributed by atoms with Crippen molar-refractivity contribution in [2.45, 2.75) is 51.7 Å². The van der Waals surface area contributed by atoms with Gasteiger partial charge in [-0.05, 0) is 56.7 Å². The third kappa shape index (κ3) is 7.29. The minimum Gasteiger partial charge on any atom is -0.490 e. The highest BCUT2D eigenvalue weighted by Gasteiger charge is 2.16. The minimum absolute atomic E-state index is 0. The van der Waals surface area contributed by atoms with E-state index < -0.39 is 0 Å². The zero-order valence-corrected chi connectivity index (χ0v) is 19.2. The fraction of sp³-hybridized carbons (Fsp3) is 0.500. The molecular formula is C20H29IN4OS. The molecule has 1 heterocycles. The number of ether oxygens (including phenoxy) is 1. The van der Waals surface area contributed by atoms with Gasteiger partial charge in [0.05, 0.1) is 12.6 Å². The second-order valence-corrected chi connectivity index (χ2v) is 7.95.